The van der Waals surface area contributed by atoms with Gasteiger partial charge in [-0.25, -0.2) is 4.79 Å². The van der Waals surface area contributed by atoms with Crippen LogP contribution in [-0.4, -0.2) is 46.8 Å². The van der Waals surface area contributed by atoms with Crippen molar-refractivity contribution in [3.8, 4) is 0 Å². The van der Waals surface area contributed by atoms with Crippen molar-refractivity contribution in [1.29, 1.82) is 0 Å². The van der Waals surface area contributed by atoms with E-state index in [1.807, 2.05) is 4.90 Å². The molecular weight excluding hydrogens is 224 g/mol. The van der Waals surface area contributed by atoms with Gasteiger partial charge in [0.15, 0.2) is 0 Å². The van der Waals surface area contributed by atoms with E-state index >= 15 is 0 Å². The minimum Gasteiger partial charge on any atom is -0.338 e. The molecule has 0 radical (unpaired) electrons. The number of carbonyl (C=O) groups is 1. The molecule has 1 fully saturated rings. The predicted molar refractivity (Wildman–Crippen MR) is 66.9 cm³/mol. The average Bonchev–Trinajstić information content (AvgIpc) is 2.24. The Morgan fingerprint density at radius 1 is 1.56 bits per heavy atom. The van der Waals surface area contributed by atoms with Crippen molar-refractivity contribution >= 4 is 16.8 Å². The molecule has 1 heterocycles. The minimum atomic E-state index is -0.756. The number of carbonyl (C=O) groups excluding carboxylic acids is 1. The zero-order valence-electron chi connectivity index (χ0n) is 10.2. The molecule has 94 valence electrons. The lowest BCUT2D eigenvalue weighted by Gasteiger charge is -2.30. The number of amides is 2. The highest BCUT2D eigenvalue weighted by atomic mass is 32.2. The fraction of sp³-hybridized carbons (Fsp3) is 0.909. The standard InChI is InChI=1S/C11H22N2O2S/c1-10-5-3-7-13(9-10)11(14)12-6-4-8-16(2)15/h10H,3-9H2,1-2H3,(H,12,14). The molecule has 1 N–H and O–H groups in total. The van der Waals surface area contributed by atoms with Gasteiger partial charge in [0.2, 0.25) is 0 Å². The van der Waals surface area contributed by atoms with Crippen LogP contribution >= 0.6 is 0 Å². The molecule has 0 aromatic carbocycles. The molecule has 2 atom stereocenters. The van der Waals surface area contributed by atoms with Crippen LogP contribution in [0.15, 0.2) is 0 Å². The lowest BCUT2D eigenvalue weighted by molar-refractivity contribution is 0.170. The Bertz CT molecular complexity index is 258. The van der Waals surface area contributed by atoms with E-state index in [0.29, 0.717) is 18.2 Å². The van der Waals surface area contributed by atoms with Crippen molar-refractivity contribution < 1.29 is 9.00 Å². The molecule has 16 heavy (non-hydrogen) atoms. The summed E-state index contributed by atoms with van der Waals surface area (Å²) in [7, 11) is -0.756. The molecule has 0 aromatic heterocycles. The molecule has 2 unspecified atom stereocenters. The highest BCUT2D eigenvalue weighted by Gasteiger charge is 2.20. The summed E-state index contributed by atoms with van der Waals surface area (Å²) in [5.74, 6) is 1.28. The fourth-order valence-electron chi connectivity index (χ4n) is 1.96. The van der Waals surface area contributed by atoms with Crippen LogP contribution in [0.1, 0.15) is 26.2 Å². The molecule has 0 aliphatic carbocycles. The Balaban J connectivity index is 2.16. The number of rotatable bonds is 4. The first-order chi connectivity index (χ1) is 7.59. The zero-order chi connectivity index (χ0) is 12.0. The quantitative estimate of drug-likeness (QED) is 0.758. The summed E-state index contributed by atoms with van der Waals surface area (Å²) < 4.78 is 10.8. The Hall–Kier alpha value is -0.580. The molecule has 0 aromatic rings. The van der Waals surface area contributed by atoms with Crippen molar-refractivity contribution in [2.45, 2.75) is 26.2 Å². The number of urea groups is 1. The lowest BCUT2D eigenvalue weighted by Crippen LogP contribution is -2.45. The van der Waals surface area contributed by atoms with Crippen LogP contribution in [0.25, 0.3) is 0 Å². The van der Waals surface area contributed by atoms with Crippen LogP contribution in [0.3, 0.4) is 0 Å². The Morgan fingerprint density at radius 3 is 2.94 bits per heavy atom. The Kier molecular flexibility index (Phi) is 5.80. The normalized spacial score (nSPS) is 22.9. The number of nitrogens with zero attached hydrogens (tertiary/aromatic N) is 1. The largest absolute Gasteiger partial charge is 0.338 e. The second kappa shape index (κ2) is 6.89. The molecule has 1 aliphatic rings. The zero-order valence-corrected chi connectivity index (χ0v) is 11.0. The number of hydrogen-bond donors (Lipinski definition) is 1. The van der Waals surface area contributed by atoms with Gasteiger partial charge in [0.1, 0.15) is 0 Å². The van der Waals surface area contributed by atoms with Crippen molar-refractivity contribution in [3.05, 3.63) is 0 Å². The summed E-state index contributed by atoms with van der Waals surface area (Å²) in [6.45, 7) is 4.55. The average molecular weight is 246 g/mol. The monoisotopic (exact) mass is 246 g/mol. The summed E-state index contributed by atoms with van der Waals surface area (Å²) >= 11 is 0. The second-order valence-electron chi connectivity index (χ2n) is 4.56. The fourth-order valence-corrected chi connectivity index (χ4v) is 2.51. The van der Waals surface area contributed by atoms with Gasteiger partial charge in [-0.3, -0.25) is 4.21 Å². The van der Waals surface area contributed by atoms with Gasteiger partial charge in [0, 0.05) is 42.4 Å². The Labute approximate surface area is 100 Å². The smallest absolute Gasteiger partial charge is 0.317 e. The first-order valence-electron chi connectivity index (χ1n) is 5.92. The molecule has 2 amide bonds. The molecule has 1 rings (SSSR count). The summed E-state index contributed by atoms with van der Waals surface area (Å²) in [5, 5.41) is 2.88. The van der Waals surface area contributed by atoms with E-state index in [2.05, 4.69) is 12.2 Å². The van der Waals surface area contributed by atoms with E-state index in [9.17, 15) is 9.00 Å². The maximum atomic E-state index is 11.7. The molecular formula is C11H22N2O2S. The topological polar surface area (TPSA) is 49.4 Å². The number of piperidine rings is 1. The van der Waals surface area contributed by atoms with Crippen molar-refractivity contribution in [1.82, 2.24) is 10.2 Å². The van der Waals surface area contributed by atoms with Crippen LogP contribution in [0.2, 0.25) is 0 Å². The summed E-state index contributed by atoms with van der Waals surface area (Å²) in [6, 6.07) is 0.0356. The molecule has 0 bridgehead atoms. The van der Waals surface area contributed by atoms with E-state index in [1.54, 1.807) is 6.26 Å². The molecule has 0 saturated carbocycles. The van der Waals surface area contributed by atoms with E-state index in [0.717, 1.165) is 25.9 Å². The molecule has 1 aliphatic heterocycles. The number of hydrogen-bond acceptors (Lipinski definition) is 2. The van der Waals surface area contributed by atoms with Gasteiger partial charge >= 0.3 is 6.03 Å². The second-order valence-corrected chi connectivity index (χ2v) is 6.11. The predicted octanol–water partition coefficient (Wildman–Crippen LogP) is 1.20. The third-order valence-corrected chi connectivity index (χ3v) is 3.69. The third kappa shape index (κ3) is 4.96. The van der Waals surface area contributed by atoms with Gasteiger partial charge < -0.3 is 10.2 Å². The third-order valence-electron chi connectivity index (χ3n) is 2.83. The minimum absolute atomic E-state index is 0.0356. The van der Waals surface area contributed by atoms with Gasteiger partial charge in [-0.15, -0.1) is 0 Å². The van der Waals surface area contributed by atoms with Crippen LogP contribution in [0, 0.1) is 5.92 Å². The van der Waals surface area contributed by atoms with Gasteiger partial charge in [0.25, 0.3) is 0 Å². The highest BCUT2D eigenvalue weighted by Crippen LogP contribution is 2.14. The van der Waals surface area contributed by atoms with Crippen LogP contribution in [-0.2, 0) is 10.8 Å². The lowest BCUT2D eigenvalue weighted by atomic mass is 10.0. The van der Waals surface area contributed by atoms with Gasteiger partial charge in [-0.05, 0) is 25.2 Å². The maximum Gasteiger partial charge on any atom is 0.317 e. The molecule has 0 spiro atoms. The van der Waals surface area contributed by atoms with Crippen molar-refractivity contribution in [2.24, 2.45) is 5.92 Å². The van der Waals surface area contributed by atoms with Crippen molar-refractivity contribution in [3.63, 3.8) is 0 Å². The van der Waals surface area contributed by atoms with Crippen LogP contribution in [0.5, 0.6) is 0 Å². The maximum absolute atomic E-state index is 11.7. The van der Waals surface area contributed by atoms with Gasteiger partial charge in [-0.2, -0.15) is 0 Å². The molecule has 1 saturated heterocycles. The van der Waals surface area contributed by atoms with Crippen LogP contribution in [0.4, 0.5) is 4.79 Å². The van der Waals surface area contributed by atoms with Gasteiger partial charge in [0.05, 0.1) is 0 Å². The van der Waals surface area contributed by atoms with Gasteiger partial charge in [-0.1, -0.05) is 6.92 Å². The van der Waals surface area contributed by atoms with Crippen LogP contribution < -0.4 is 5.32 Å². The molecule has 4 nitrogen and oxygen atoms in total. The molecule has 5 heteroatoms. The number of likely N-dealkylation sites (tertiary alicyclic amines) is 1. The van der Waals surface area contributed by atoms with E-state index < -0.39 is 10.8 Å². The first kappa shape index (κ1) is 13.5. The van der Waals surface area contributed by atoms with E-state index in [-0.39, 0.29) is 6.03 Å². The highest BCUT2D eigenvalue weighted by molar-refractivity contribution is 7.84. The van der Waals surface area contributed by atoms with E-state index in [4.69, 9.17) is 0 Å². The number of nitrogens with one attached hydrogen (secondary N) is 1. The summed E-state index contributed by atoms with van der Waals surface area (Å²) in [5.41, 5.74) is 0. The SMILES string of the molecule is CC1CCCN(C(=O)NCCCS(C)=O)C1. The van der Waals surface area contributed by atoms with Crippen molar-refractivity contribution in [2.75, 3.05) is 31.6 Å². The summed E-state index contributed by atoms with van der Waals surface area (Å²) in [6.07, 6.45) is 4.80. The summed E-state index contributed by atoms with van der Waals surface area (Å²) in [4.78, 5) is 13.6. The van der Waals surface area contributed by atoms with E-state index in [1.165, 1.54) is 6.42 Å². The first-order valence-corrected chi connectivity index (χ1v) is 7.65. The Morgan fingerprint density at radius 2 is 2.31 bits per heavy atom.